The largest absolute Gasteiger partial charge is 0.493 e. The Morgan fingerprint density at radius 1 is 1.17 bits per heavy atom. The third-order valence-electron chi connectivity index (χ3n) is 4.83. The Kier molecular flexibility index (Phi) is 6.80. The van der Waals surface area contributed by atoms with Crippen LogP contribution in [0.3, 0.4) is 0 Å². The molecular weight excluding hydrogens is 415 g/mol. The Labute approximate surface area is 178 Å². The van der Waals surface area contributed by atoms with Crippen molar-refractivity contribution in [2.24, 2.45) is 10.9 Å². The number of fused-ring (bicyclic) bond motifs is 1. The van der Waals surface area contributed by atoms with Crippen molar-refractivity contribution in [3.63, 3.8) is 0 Å². The zero-order valence-corrected chi connectivity index (χ0v) is 17.8. The summed E-state index contributed by atoms with van der Waals surface area (Å²) in [6, 6.07) is 4.89. The van der Waals surface area contributed by atoms with E-state index >= 15 is 0 Å². The van der Waals surface area contributed by atoms with Crippen LogP contribution in [0.4, 0.5) is 13.2 Å². The summed E-state index contributed by atoms with van der Waals surface area (Å²) in [6.45, 7) is 2.18. The van der Waals surface area contributed by atoms with Gasteiger partial charge in [-0.1, -0.05) is 30.8 Å². The zero-order chi connectivity index (χ0) is 21.9. The molecule has 0 bridgehead atoms. The van der Waals surface area contributed by atoms with Gasteiger partial charge in [-0.15, -0.1) is 0 Å². The predicted molar refractivity (Wildman–Crippen MR) is 112 cm³/mol. The van der Waals surface area contributed by atoms with Crippen LogP contribution in [0, 0.1) is 11.3 Å². The number of alkyl halides is 3. The van der Waals surface area contributed by atoms with Crippen LogP contribution in [0.15, 0.2) is 52.9 Å². The number of ether oxygens (including phenoxy) is 2. The summed E-state index contributed by atoms with van der Waals surface area (Å²) in [4.78, 5) is 6.48. The Morgan fingerprint density at radius 3 is 2.50 bits per heavy atom. The van der Waals surface area contributed by atoms with Crippen molar-refractivity contribution < 1.29 is 22.6 Å². The van der Waals surface area contributed by atoms with Gasteiger partial charge >= 0.3 is 6.18 Å². The van der Waals surface area contributed by atoms with Crippen LogP contribution >= 0.6 is 11.8 Å². The van der Waals surface area contributed by atoms with Crippen molar-refractivity contribution in [3.05, 3.63) is 59.1 Å². The molecule has 0 saturated heterocycles. The van der Waals surface area contributed by atoms with Gasteiger partial charge in [0.2, 0.25) is 0 Å². The molecule has 1 aromatic carbocycles. The first-order chi connectivity index (χ1) is 14.3. The molecule has 0 spiro atoms. The van der Waals surface area contributed by atoms with Gasteiger partial charge in [-0.05, 0) is 36.3 Å². The molecular formula is C21H24F3N3O2S. The lowest BCUT2D eigenvalue weighted by molar-refractivity contribution is -0.137. The molecule has 2 unspecified atom stereocenters. The minimum absolute atomic E-state index is 0.137. The van der Waals surface area contributed by atoms with E-state index in [1.165, 1.54) is 24.9 Å². The number of hydrogen-bond donors (Lipinski definition) is 1. The minimum Gasteiger partial charge on any atom is -0.493 e. The summed E-state index contributed by atoms with van der Waals surface area (Å²) in [5.74, 6) is 1.76. The molecule has 1 aromatic rings. The van der Waals surface area contributed by atoms with Crippen LogP contribution in [-0.2, 0) is 22.2 Å². The first-order valence-corrected chi connectivity index (χ1v) is 10.5. The van der Waals surface area contributed by atoms with E-state index in [0.29, 0.717) is 22.2 Å². The number of halogens is 3. The number of nitrogens with zero attached hydrogens (tertiary/aromatic N) is 2. The van der Waals surface area contributed by atoms with E-state index < -0.39 is 11.7 Å². The molecule has 1 aliphatic carbocycles. The van der Waals surface area contributed by atoms with E-state index in [-0.39, 0.29) is 24.3 Å². The quantitative estimate of drug-likeness (QED) is 0.674. The van der Waals surface area contributed by atoms with Crippen LogP contribution in [0.25, 0.3) is 0 Å². The molecule has 1 aliphatic heterocycles. The van der Waals surface area contributed by atoms with Crippen molar-refractivity contribution in [2.75, 3.05) is 20.0 Å². The Balaban J connectivity index is 1.96. The molecule has 162 valence electrons. The molecule has 2 aliphatic rings. The second kappa shape index (κ2) is 9.16. The molecule has 1 N–H and O–H groups in total. The number of rotatable bonds is 6. The fraction of sp³-hybridized carbons (Fsp3) is 0.429. The molecule has 3 rings (SSSR count). The number of hydrogen-bond acceptors (Lipinski definition) is 5. The molecule has 0 aromatic heterocycles. The molecule has 2 atom stereocenters. The highest BCUT2D eigenvalue weighted by Crippen LogP contribution is 2.34. The number of thioether (sulfide) groups is 1. The molecule has 0 saturated carbocycles. The molecule has 0 fully saturated rings. The van der Waals surface area contributed by atoms with E-state index in [1.807, 2.05) is 13.0 Å². The molecule has 5 nitrogen and oxygen atoms in total. The number of nitrogens with one attached hydrogen (secondary N) is 1. The van der Waals surface area contributed by atoms with Crippen LogP contribution < -0.4 is 0 Å². The van der Waals surface area contributed by atoms with Crippen molar-refractivity contribution in [1.82, 2.24) is 4.90 Å². The number of methoxy groups -OCH3 is 2. The minimum atomic E-state index is -4.41. The van der Waals surface area contributed by atoms with Gasteiger partial charge in [-0.3, -0.25) is 10.4 Å². The lowest BCUT2D eigenvalue weighted by Crippen LogP contribution is -2.47. The maximum Gasteiger partial charge on any atom is 0.416 e. The molecule has 0 radical (unpaired) electrons. The summed E-state index contributed by atoms with van der Waals surface area (Å²) in [6.07, 6.45) is 0.114. The van der Waals surface area contributed by atoms with Gasteiger partial charge in [0.15, 0.2) is 16.7 Å². The van der Waals surface area contributed by atoms with Gasteiger partial charge in [0, 0.05) is 5.75 Å². The maximum absolute atomic E-state index is 13.1. The summed E-state index contributed by atoms with van der Waals surface area (Å²) in [5, 5.41) is 9.42. The van der Waals surface area contributed by atoms with Gasteiger partial charge in [0.25, 0.3) is 0 Å². The third-order valence-corrected chi connectivity index (χ3v) is 6.03. The molecule has 1 heterocycles. The smallest absolute Gasteiger partial charge is 0.416 e. The van der Waals surface area contributed by atoms with E-state index in [0.717, 1.165) is 24.3 Å². The highest BCUT2D eigenvalue weighted by Gasteiger charge is 2.38. The molecule has 9 heteroatoms. The third kappa shape index (κ3) is 4.66. The second-order valence-corrected chi connectivity index (χ2v) is 7.98. The second-order valence-electron chi connectivity index (χ2n) is 6.92. The van der Waals surface area contributed by atoms with E-state index in [2.05, 4.69) is 0 Å². The standard InChI is InChI=1S/C21H24F3N3O2S/c1-4-8-30-20-26-16-11-18(29-3)17(28-2)10-15(16)19(25)27(20)12-13-6-5-7-14(9-13)21(22,23)24/h5-7,9-11,15-16,25H,4,8,12H2,1-3H3. The SMILES string of the molecule is CCCSC1=NC2C=C(OC)C(OC)=CC2C(=N)N1Cc1cccc(C(F)(F)F)c1. The normalized spacial score (nSPS) is 21.5. The van der Waals surface area contributed by atoms with E-state index in [4.69, 9.17) is 19.9 Å². The van der Waals surface area contributed by atoms with Crippen molar-refractivity contribution >= 4 is 22.8 Å². The Bertz CT molecular complexity index is 896. The van der Waals surface area contributed by atoms with Crippen molar-refractivity contribution in [2.45, 2.75) is 32.1 Å². The van der Waals surface area contributed by atoms with Gasteiger partial charge in [0.05, 0.1) is 38.3 Å². The lowest BCUT2D eigenvalue weighted by Gasteiger charge is -2.38. The first-order valence-electron chi connectivity index (χ1n) is 9.53. The highest BCUT2D eigenvalue weighted by atomic mass is 32.2. The van der Waals surface area contributed by atoms with Gasteiger partial charge in [-0.25, -0.2) is 0 Å². The van der Waals surface area contributed by atoms with Crippen molar-refractivity contribution in [1.29, 1.82) is 5.41 Å². The fourth-order valence-corrected chi connectivity index (χ4v) is 4.25. The van der Waals surface area contributed by atoms with Crippen LogP contribution in [0.5, 0.6) is 0 Å². The molecule has 0 amide bonds. The Morgan fingerprint density at radius 2 is 1.87 bits per heavy atom. The predicted octanol–water partition coefficient (Wildman–Crippen LogP) is 5.06. The maximum atomic E-state index is 13.1. The summed E-state index contributed by atoms with van der Waals surface area (Å²) >= 11 is 1.50. The Hall–Kier alpha value is -2.42. The monoisotopic (exact) mass is 439 g/mol. The average Bonchev–Trinajstić information content (AvgIpc) is 2.73. The number of amidine groups is 2. The fourth-order valence-electron chi connectivity index (χ4n) is 3.35. The van der Waals surface area contributed by atoms with Crippen molar-refractivity contribution in [3.8, 4) is 0 Å². The van der Waals surface area contributed by atoms with E-state index in [1.54, 1.807) is 24.2 Å². The van der Waals surface area contributed by atoms with Gasteiger partial charge in [0.1, 0.15) is 5.84 Å². The van der Waals surface area contributed by atoms with Crippen LogP contribution in [-0.4, -0.2) is 41.9 Å². The first kappa shape index (κ1) is 22.3. The average molecular weight is 440 g/mol. The topological polar surface area (TPSA) is 57.9 Å². The highest BCUT2D eigenvalue weighted by molar-refractivity contribution is 8.13. The van der Waals surface area contributed by atoms with Gasteiger partial charge < -0.3 is 14.4 Å². The van der Waals surface area contributed by atoms with Crippen LogP contribution in [0.1, 0.15) is 24.5 Å². The number of benzene rings is 1. The summed E-state index contributed by atoms with van der Waals surface area (Å²) in [5.41, 5.74) is -0.231. The van der Waals surface area contributed by atoms with E-state index in [9.17, 15) is 13.2 Å². The molecule has 30 heavy (non-hydrogen) atoms. The summed E-state index contributed by atoms with van der Waals surface area (Å²) < 4.78 is 50.1. The number of aliphatic imine (C=N–C) groups is 1. The van der Waals surface area contributed by atoms with Crippen LogP contribution in [0.2, 0.25) is 0 Å². The van der Waals surface area contributed by atoms with Gasteiger partial charge in [-0.2, -0.15) is 13.2 Å². The summed E-state index contributed by atoms with van der Waals surface area (Å²) in [7, 11) is 3.07. The lowest BCUT2D eigenvalue weighted by atomic mass is 9.90. The zero-order valence-electron chi connectivity index (χ0n) is 17.0.